The van der Waals surface area contributed by atoms with Gasteiger partial charge in [-0.05, 0) is 0 Å². The van der Waals surface area contributed by atoms with Crippen molar-refractivity contribution >= 4 is 13.4 Å². The Morgan fingerprint density at radius 3 is 2.71 bits per heavy atom. The van der Waals surface area contributed by atoms with Crippen LogP contribution in [0.25, 0.3) is 0 Å². The van der Waals surface area contributed by atoms with Crippen LogP contribution in [0.1, 0.15) is 0 Å². The summed E-state index contributed by atoms with van der Waals surface area (Å²) in [6.45, 7) is 0. The van der Waals surface area contributed by atoms with Crippen LogP contribution in [0, 0.1) is 0 Å². The number of aromatic nitrogens is 3. The highest BCUT2D eigenvalue weighted by Crippen LogP contribution is 1.60. The van der Waals surface area contributed by atoms with E-state index in [2.05, 4.69) is 10.2 Å². The maximum absolute atomic E-state index is 5.18. The first-order valence-electron chi connectivity index (χ1n) is 1.91. The molecule has 0 bridgehead atoms. The van der Waals surface area contributed by atoms with Gasteiger partial charge in [-0.15, -0.1) is 0 Å². The summed E-state index contributed by atoms with van der Waals surface area (Å²) >= 11 is 0. The Hall–Kier alpha value is -0.795. The lowest BCUT2D eigenvalue weighted by Gasteiger charge is -1.77. The minimum Gasteiger partial charge on any atom is -0.189 e. The Morgan fingerprint density at radius 1 is 1.86 bits per heavy atom. The Balaban J connectivity index is 3.04. The fourth-order valence-corrected chi connectivity index (χ4v) is 0.361. The van der Waals surface area contributed by atoms with E-state index in [-0.39, 0.29) is 0 Å². The van der Waals surface area contributed by atoms with Crippen LogP contribution in [0.5, 0.6) is 0 Å². The molecule has 0 fully saturated rings. The highest BCUT2D eigenvalue weighted by Gasteiger charge is 1.83. The zero-order valence-corrected chi connectivity index (χ0v) is 4.00. The van der Waals surface area contributed by atoms with Crippen molar-refractivity contribution in [1.82, 2.24) is 15.0 Å². The van der Waals surface area contributed by atoms with Gasteiger partial charge in [0.25, 0.3) is 0 Å². The molecule has 0 atom stereocenters. The van der Waals surface area contributed by atoms with E-state index in [1.165, 1.54) is 11.0 Å². The van der Waals surface area contributed by atoms with Crippen molar-refractivity contribution in [2.24, 2.45) is 7.05 Å². The second-order valence-electron chi connectivity index (χ2n) is 1.26. The summed E-state index contributed by atoms with van der Waals surface area (Å²) in [7, 11) is 6.90. The zero-order valence-electron chi connectivity index (χ0n) is 4.00. The largest absolute Gasteiger partial charge is 0.189 e. The number of rotatable bonds is 0. The van der Waals surface area contributed by atoms with Crippen LogP contribution in [-0.2, 0) is 7.05 Å². The Bertz CT molecular complexity index is 142. The molecule has 2 radical (unpaired) electrons. The molecule has 0 aliphatic rings. The molecule has 0 saturated carbocycles. The van der Waals surface area contributed by atoms with E-state index < -0.39 is 0 Å². The molecule has 0 amide bonds. The summed E-state index contributed by atoms with van der Waals surface area (Å²) in [5.41, 5.74) is 0.461. The second kappa shape index (κ2) is 1.37. The monoisotopic (exact) mass is 93.0 g/mol. The quantitative estimate of drug-likeness (QED) is 0.369. The molecule has 3 nitrogen and oxygen atoms in total. The molecule has 0 spiro atoms. The lowest BCUT2D eigenvalue weighted by atomic mass is 10.1. The van der Waals surface area contributed by atoms with Gasteiger partial charge in [0, 0.05) is 12.6 Å². The average Bonchev–Trinajstić information content (AvgIpc) is 1.87. The minimum atomic E-state index is 0.461. The Kier molecular flexibility index (Phi) is 0.853. The first-order valence-corrected chi connectivity index (χ1v) is 1.91. The third-order valence-corrected chi connectivity index (χ3v) is 0.617. The van der Waals surface area contributed by atoms with E-state index in [0.717, 1.165) is 0 Å². The molecule has 1 rings (SSSR count). The van der Waals surface area contributed by atoms with Gasteiger partial charge in [-0.3, -0.25) is 0 Å². The van der Waals surface area contributed by atoms with Gasteiger partial charge in [0.2, 0.25) is 0 Å². The van der Waals surface area contributed by atoms with Crippen molar-refractivity contribution in [3.8, 4) is 0 Å². The molecule has 1 aromatic heterocycles. The van der Waals surface area contributed by atoms with Crippen molar-refractivity contribution in [2.45, 2.75) is 0 Å². The highest BCUT2D eigenvalue weighted by molar-refractivity contribution is 6.30. The Morgan fingerprint density at radius 2 is 2.57 bits per heavy atom. The molecule has 4 heteroatoms. The molecule has 0 aliphatic carbocycles. The van der Waals surface area contributed by atoms with Crippen LogP contribution in [0.4, 0.5) is 0 Å². The fourth-order valence-electron chi connectivity index (χ4n) is 0.361. The van der Waals surface area contributed by atoms with Crippen LogP contribution in [0.2, 0.25) is 0 Å². The molecule has 1 aromatic rings. The number of aryl methyl sites for hydroxylation is 1. The minimum absolute atomic E-state index is 0.461. The van der Waals surface area contributed by atoms with Gasteiger partial charge in [0.05, 0.1) is 6.20 Å². The summed E-state index contributed by atoms with van der Waals surface area (Å²) in [6, 6.07) is 0. The van der Waals surface area contributed by atoms with E-state index in [1.807, 2.05) is 0 Å². The fraction of sp³-hybridized carbons (Fsp3) is 0.333. The molecular formula is C3H4BN3. The standard InChI is InChI=1S/C3H4BN3/c1-7-5-2-3(4)6-7/h2H,1H3. The predicted octanol–water partition coefficient (Wildman–Crippen LogP) is -1.39. The maximum atomic E-state index is 5.18. The predicted molar refractivity (Wildman–Crippen MR) is 26.4 cm³/mol. The van der Waals surface area contributed by atoms with Crippen LogP contribution in [-0.4, -0.2) is 22.8 Å². The third kappa shape index (κ3) is 0.794. The lowest BCUT2D eigenvalue weighted by Crippen LogP contribution is -2.04. The Labute approximate surface area is 42.7 Å². The maximum Gasteiger partial charge on any atom is 0.146 e. The molecule has 0 aliphatic heterocycles. The molecule has 7 heavy (non-hydrogen) atoms. The molecular weight excluding hydrogens is 88.9 g/mol. The molecule has 0 N–H and O–H groups in total. The van der Waals surface area contributed by atoms with E-state index in [1.54, 1.807) is 7.05 Å². The number of nitrogens with zero attached hydrogens (tertiary/aromatic N) is 3. The molecule has 1 heterocycles. The summed E-state index contributed by atoms with van der Waals surface area (Å²) in [5.74, 6) is 0. The van der Waals surface area contributed by atoms with Crippen LogP contribution < -0.4 is 5.59 Å². The summed E-state index contributed by atoms with van der Waals surface area (Å²) < 4.78 is 0. The van der Waals surface area contributed by atoms with Crippen molar-refractivity contribution in [2.75, 3.05) is 0 Å². The lowest BCUT2D eigenvalue weighted by molar-refractivity contribution is 0.657. The van der Waals surface area contributed by atoms with Gasteiger partial charge in [-0.25, -0.2) is 0 Å². The van der Waals surface area contributed by atoms with Gasteiger partial charge >= 0.3 is 0 Å². The van der Waals surface area contributed by atoms with Crippen molar-refractivity contribution in [1.29, 1.82) is 0 Å². The van der Waals surface area contributed by atoms with Gasteiger partial charge in [0.15, 0.2) is 0 Å². The zero-order chi connectivity index (χ0) is 5.28. The van der Waals surface area contributed by atoms with Gasteiger partial charge in [-0.1, -0.05) is 0 Å². The van der Waals surface area contributed by atoms with Crippen molar-refractivity contribution < 1.29 is 0 Å². The normalized spacial score (nSPS) is 9.29. The summed E-state index contributed by atoms with van der Waals surface area (Å²) in [4.78, 5) is 1.41. The van der Waals surface area contributed by atoms with E-state index in [4.69, 9.17) is 7.85 Å². The SMILES string of the molecule is [B]c1cnn(C)n1. The van der Waals surface area contributed by atoms with Gasteiger partial charge in [-0.2, -0.15) is 15.0 Å². The summed E-state index contributed by atoms with van der Waals surface area (Å²) in [5, 5.41) is 7.39. The topological polar surface area (TPSA) is 30.7 Å². The van der Waals surface area contributed by atoms with Crippen LogP contribution in [0.15, 0.2) is 6.20 Å². The molecule has 0 aromatic carbocycles. The van der Waals surface area contributed by atoms with E-state index in [0.29, 0.717) is 5.59 Å². The first-order chi connectivity index (χ1) is 3.29. The molecule has 34 valence electrons. The van der Waals surface area contributed by atoms with E-state index >= 15 is 0 Å². The highest BCUT2D eigenvalue weighted by atomic mass is 15.4. The number of hydrogen-bond donors (Lipinski definition) is 0. The second-order valence-corrected chi connectivity index (χ2v) is 1.26. The van der Waals surface area contributed by atoms with Crippen molar-refractivity contribution in [3.63, 3.8) is 0 Å². The van der Waals surface area contributed by atoms with Crippen LogP contribution >= 0.6 is 0 Å². The molecule has 0 unspecified atom stereocenters. The third-order valence-electron chi connectivity index (χ3n) is 0.617. The van der Waals surface area contributed by atoms with Gasteiger partial charge in [0.1, 0.15) is 7.85 Å². The summed E-state index contributed by atoms with van der Waals surface area (Å²) in [6.07, 6.45) is 1.50. The van der Waals surface area contributed by atoms with Crippen molar-refractivity contribution in [3.05, 3.63) is 6.20 Å². The average molecular weight is 92.9 g/mol. The smallest absolute Gasteiger partial charge is 0.146 e. The van der Waals surface area contributed by atoms with Gasteiger partial charge < -0.3 is 0 Å². The first kappa shape index (κ1) is 4.37. The number of hydrogen-bond acceptors (Lipinski definition) is 2. The molecule has 0 saturated heterocycles. The van der Waals surface area contributed by atoms with Crippen LogP contribution in [0.3, 0.4) is 0 Å². The van der Waals surface area contributed by atoms with E-state index in [9.17, 15) is 0 Å².